The number of amides is 1. The number of nitrogens with one attached hydrogen (secondary N) is 2. The molecule has 0 spiro atoms. The number of ether oxygens (including phenoxy) is 1. The van der Waals surface area contributed by atoms with E-state index in [1.807, 2.05) is 26.0 Å². The average molecular weight is 492 g/mol. The fourth-order valence-electron chi connectivity index (χ4n) is 3.72. The monoisotopic (exact) mass is 491 g/mol. The lowest BCUT2D eigenvalue weighted by molar-refractivity contribution is -0.137. The SMILES string of the molecule is CCCc1nnc2n1N[C@H](c1ccc(OCC)cc1)[C@H](C(=O)Nc1ccccc1C(F)(F)F)S2. The van der Waals surface area contributed by atoms with Crippen LogP contribution in [0.3, 0.4) is 0 Å². The zero-order chi connectivity index (χ0) is 24.3. The van der Waals surface area contributed by atoms with Crippen LogP contribution < -0.4 is 15.5 Å². The van der Waals surface area contributed by atoms with Gasteiger partial charge in [-0.05, 0) is 43.2 Å². The van der Waals surface area contributed by atoms with E-state index in [0.717, 1.165) is 35.6 Å². The molecule has 3 aromatic rings. The number of aryl methyl sites for hydroxylation is 1. The topological polar surface area (TPSA) is 81.1 Å². The number of hydrogen-bond acceptors (Lipinski definition) is 6. The number of para-hydroxylation sites is 1. The molecule has 0 aliphatic carbocycles. The van der Waals surface area contributed by atoms with Crippen molar-refractivity contribution in [2.24, 2.45) is 0 Å². The molecule has 1 aromatic heterocycles. The third-order valence-electron chi connectivity index (χ3n) is 5.28. The van der Waals surface area contributed by atoms with Gasteiger partial charge >= 0.3 is 6.18 Å². The Bertz CT molecular complexity index is 1150. The quantitative estimate of drug-likeness (QED) is 0.482. The molecule has 180 valence electrons. The molecule has 0 saturated heterocycles. The van der Waals surface area contributed by atoms with Gasteiger partial charge in [-0.15, -0.1) is 10.2 Å². The molecule has 4 rings (SSSR count). The van der Waals surface area contributed by atoms with Crippen molar-refractivity contribution in [3.05, 3.63) is 65.5 Å². The number of carbonyl (C=O) groups excluding carboxylic acids is 1. The number of halogens is 3. The number of hydrogen-bond donors (Lipinski definition) is 2. The molecule has 2 N–H and O–H groups in total. The Morgan fingerprint density at radius 2 is 1.88 bits per heavy atom. The predicted octanol–water partition coefficient (Wildman–Crippen LogP) is 5.05. The Kier molecular flexibility index (Phi) is 7.01. The van der Waals surface area contributed by atoms with Crippen molar-refractivity contribution in [3.63, 3.8) is 0 Å². The molecule has 34 heavy (non-hydrogen) atoms. The lowest BCUT2D eigenvalue weighted by Gasteiger charge is -2.33. The van der Waals surface area contributed by atoms with Crippen molar-refractivity contribution < 1.29 is 22.7 Å². The second kappa shape index (κ2) is 9.96. The average Bonchev–Trinajstić information content (AvgIpc) is 3.21. The number of carbonyl (C=O) groups is 1. The highest BCUT2D eigenvalue weighted by Gasteiger charge is 2.39. The van der Waals surface area contributed by atoms with Crippen LogP contribution in [0, 0.1) is 0 Å². The van der Waals surface area contributed by atoms with Gasteiger partial charge in [0, 0.05) is 6.42 Å². The smallest absolute Gasteiger partial charge is 0.418 e. The minimum Gasteiger partial charge on any atom is -0.494 e. The van der Waals surface area contributed by atoms with Crippen LogP contribution in [-0.4, -0.2) is 32.6 Å². The van der Waals surface area contributed by atoms with Gasteiger partial charge in [-0.2, -0.15) is 13.2 Å². The largest absolute Gasteiger partial charge is 0.494 e. The Hall–Kier alpha value is -3.21. The van der Waals surface area contributed by atoms with Crippen LogP contribution in [0.1, 0.15) is 43.3 Å². The molecule has 0 unspecified atom stereocenters. The van der Waals surface area contributed by atoms with Crippen LogP contribution >= 0.6 is 11.8 Å². The number of anilines is 1. The van der Waals surface area contributed by atoms with Crippen molar-refractivity contribution in [2.75, 3.05) is 17.3 Å². The molecular formula is C23H24F3N5O2S. The van der Waals surface area contributed by atoms with E-state index in [1.165, 1.54) is 18.2 Å². The zero-order valence-electron chi connectivity index (χ0n) is 18.6. The molecule has 11 heteroatoms. The summed E-state index contributed by atoms with van der Waals surface area (Å²) in [5.41, 5.74) is 2.90. The van der Waals surface area contributed by atoms with E-state index in [2.05, 4.69) is 20.9 Å². The van der Waals surface area contributed by atoms with Crippen LogP contribution in [0.4, 0.5) is 18.9 Å². The Morgan fingerprint density at radius 1 is 1.15 bits per heavy atom. The predicted molar refractivity (Wildman–Crippen MR) is 123 cm³/mol. The molecule has 0 radical (unpaired) electrons. The molecule has 0 saturated carbocycles. The van der Waals surface area contributed by atoms with E-state index in [0.29, 0.717) is 23.9 Å². The van der Waals surface area contributed by atoms with Gasteiger partial charge in [-0.25, -0.2) is 4.68 Å². The van der Waals surface area contributed by atoms with Gasteiger partial charge in [0.2, 0.25) is 11.1 Å². The normalized spacial score (nSPS) is 17.6. The molecule has 0 fully saturated rings. The number of nitrogens with zero attached hydrogens (tertiary/aromatic N) is 3. The number of aromatic nitrogens is 3. The fraction of sp³-hybridized carbons (Fsp3) is 0.348. The number of rotatable bonds is 7. The summed E-state index contributed by atoms with van der Waals surface area (Å²) >= 11 is 1.16. The fourth-order valence-corrected chi connectivity index (χ4v) is 4.81. The van der Waals surface area contributed by atoms with E-state index < -0.39 is 28.9 Å². The van der Waals surface area contributed by atoms with Crippen LogP contribution in [-0.2, 0) is 17.4 Å². The van der Waals surface area contributed by atoms with Crippen LogP contribution in [0.5, 0.6) is 5.75 Å². The molecule has 7 nitrogen and oxygen atoms in total. The molecule has 2 aromatic carbocycles. The molecule has 1 aliphatic rings. The first-order chi connectivity index (χ1) is 16.3. The summed E-state index contributed by atoms with van der Waals surface area (Å²) < 4.78 is 47.6. The maximum absolute atomic E-state index is 13.5. The Balaban J connectivity index is 1.67. The summed E-state index contributed by atoms with van der Waals surface area (Å²) in [7, 11) is 0. The van der Waals surface area contributed by atoms with Gasteiger partial charge in [-0.3, -0.25) is 4.79 Å². The first-order valence-electron chi connectivity index (χ1n) is 10.9. The van der Waals surface area contributed by atoms with Gasteiger partial charge < -0.3 is 15.5 Å². The van der Waals surface area contributed by atoms with Gasteiger partial charge in [-0.1, -0.05) is 43.0 Å². The third-order valence-corrected chi connectivity index (χ3v) is 6.49. The number of alkyl halides is 3. The Labute approximate surface area is 199 Å². The third kappa shape index (κ3) is 4.98. The Morgan fingerprint density at radius 3 is 2.56 bits per heavy atom. The summed E-state index contributed by atoms with van der Waals surface area (Å²) in [5, 5.41) is 10.5. The molecule has 1 aliphatic heterocycles. The molecule has 0 bridgehead atoms. The van der Waals surface area contributed by atoms with Crippen molar-refractivity contribution in [1.29, 1.82) is 0 Å². The van der Waals surface area contributed by atoms with E-state index in [-0.39, 0.29) is 5.69 Å². The van der Waals surface area contributed by atoms with E-state index >= 15 is 0 Å². The number of thioether (sulfide) groups is 1. The minimum absolute atomic E-state index is 0.287. The van der Waals surface area contributed by atoms with Gasteiger partial charge in [0.15, 0.2) is 5.82 Å². The maximum atomic E-state index is 13.5. The maximum Gasteiger partial charge on any atom is 0.418 e. The lowest BCUT2D eigenvalue weighted by Crippen LogP contribution is -2.41. The highest BCUT2D eigenvalue weighted by atomic mass is 32.2. The second-order valence-corrected chi connectivity index (χ2v) is 8.77. The highest BCUT2D eigenvalue weighted by Crippen LogP contribution is 2.39. The summed E-state index contributed by atoms with van der Waals surface area (Å²) in [6, 6.07) is 11.7. The molecule has 2 heterocycles. The first-order valence-corrected chi connectivity index (χ1v) is 11.8. The first kappa shape index (κ1) is 23.9. The zero-order valence-corrected chi connectivity index (χ0v) is 19.4. The summed E-state index contributed by atoms with van der Waals surface area (Å²) in [6.45, 7) is 4.43. The van der Waals surface area contributed by atoms with Crippen molar-refractivity contribution >= 4 is 23.4 Å². The standard InChI is InChI=1S/C23H24F3N5O2S/c1-3-7-18-28-29-22-31(18)30-19(14-10-12-15(13-11-14)33-4-2)20(34-22)21(32)27-17-9-6-5-8-16(17)23(24,25)26/h5-6,8-13,19-20,30H,3-4,7H2,1-2H3,(H,27,32)/t19-,20-/m1/s1. The summed E-state index contributed by atoms with van der Waals surface area (Å²) in [5.74, 6) is 0.841. The van der Waals surface area contributed by atoms with Gasteiger partial charge in [0.1, 0.15) is 11.0 Å². The lowest BCUT2D eigenvalue weighted by atomic mass is 10.0. The highest BCUT2D eigenvalue weighted by molar-refractivity contribution is 8.00. The van der Waals surface area contributed by atoms with Crippen molar-refractivity contribution in [1.82, 2.24) is 14.9 Å². The van der Waals surface area contributed by atoms with Crippen LogP contribution in [0.15, 0.2) is 53.7 Å². The van der Waals surface area contributed by atoms with Crippen LogP contribution in [0.2, 0.25) is 0 Å². The molecule has 2 atom stereocenters. The molecule has 1 amide bonds. The van der Waals surface area contributed by atoms with E-state index in [9.17, 15) is 18.0 Å². The van der Waals surface area contributed by atoms with Crippen molar-refractivity contribution in [2.45, 2.75) is 49.3 Å². The van der Waals surface area contributed by atoms with E-state index in [4.69, 9.17) is 4.74 Å². The minimum atomic E-state index is -4.59. The second-order valence-electron chi connectivity index (χ2n) is 7.66. The van der Waals surface area contributed by atoms with E-state index in [1.54, 1.807) is 16.8 Å². The summed E-state index contributed by atoms with van der Waals surface area (Å²) in [6.07, 6.45) is -3.05. The van der Waals surface area contributed by atoms with Crippen LogP contribution in [0.25, 0.3) is 0 Å². The van der Waals surface area contributed by atoms with Crippen molar-refractivity contribution in [3.8, 4) is 5.75 Å². The van der Waals surface area contributed by atoms with Gasteiger partial charge in [0.05, 0.1) is 23.9 Å². The number of fused-ring (bicyclic) bond motifs is 1. The summed E-state index contributed by atoms with van der Waals surface area (Å²) in [4.78, 5) is 13.3. The number of benzene rings is 2. The van der Waals surface area contributed by atoms with Gasteiger partial charge in [0.25, 0.3) is 0 Å². The molecular weight excluding hydrogens is 467 g/mol.